The summed E-state index contributed by atoms with van der Waals surface area (Å²) in [6, 6.07) is 6.12. The number of nitrogens with one attached hydrogen (secondary N) is 1. The van der Waals surface area contributed by atoms with Crippen molar-refractivity contribution in [2.24, 2.45) is 0 Å². The Hall–Kier alpha value is -0.0500. The highest BCUT2D eigenvalue weighted by Gasteiger charge is 2.30. The lowest BCUT2D eigenvalue weighted by atomic mass is 9.78. The van der Waals surface area contributed by atoms with Crippen molar-refractivity contribution in [1.82, 2.24) is 5.32 Å². The second-order valence-corrected chi connectivity index (χ2v) is 5.78. The van der Waals surface area contributed by atoms with E-state index >= 15 is 0 Å². The Morgan fingerprint density at radius 2 is 2.20 bits per heavy atom. The molecule has 0 radical (unpaired) electrons. The fourth-order valence-corrected chi connectivity index (χ4v) is 2.30. The zero-order valence-corrected chi connectivity index (χ0v) is 11.2. The number of benzene rings is 1. The minimum absolute atomic E-state index is 0.361. The lowest BCUT2D eigenvalue weighted by Crippen LogP contribution is -2.47. The molecule has 1 N–H and O–H groups in total. The van der Waals surface area contributed by atoms with Crippen LogP contribution in [0.15, 0.2) is 22.7 Å². The molecule has 1 aliphatic rings. The minimum atomic E-state index is 0.361. The van der Waals surface area contributed by atoms with Gasteiger partial charge in [-0.15, -0.1) is 0 Å². The van der Waals surface area contributed by atoms with Crippen molar-refractivity contribution in [1.29, 1.82) is 0 Å². The molecule has 0 heterocycles. The SMILES string of the molecule is CC1(NCc2ccc(Br)c(Cl)c2)CCC1. The molecule has 0 unspecified atom stereocenters. The quantitative estimate of drug-likeness (QED) is 0.881. The maximum Gasteiger partial charge on any atom is 0.0551 e. The van der Waals surface area contributed by atoms with Crippen molar-refractivity contribution in [3.8, 4) is 0 Å². The van der Waals surface area contributed by atoms with Crippen LogP contribution in [0, 0.1) is 0 Å². The van der Waals surface area contributed by atoms with Gasteiger partial charge in [0.1, 0.15) is 0 Å². The van der Waals surface area contributed by atoms with E-state index in [1.165, 1.54) is 24.8 Å². The Balaban J connectivity index is 1.96. The van der Waals surface area contributed by atoms with Gasteiger partial charge in [-0.25, -0.2) is 0 Å². The van der Waals surface area contributed by atoms with Gasteiger partial charge in [0, 0.05) is 16.6 Å². The highest BCUT2D eigenvalue weighted by atomic mass is 79.9. The first kappa shape index (κ1) is 11.4. The van der Waals surface area contributed by atoms with Gasteiger partial charge in [-0.3, -0.25) is 0 Å². The molecule has 0 bridgehead atoms. The van der Waals surface area contributed by atoms with E-state index in [0.29, 0.717) is 5.54 Å². The molecule has 1 aliphatic carbocycles. The Morgan fingerprint density at radius 3 is 2.73 bits per heavy atom. The van der Waals surface area contributed by atoms with E-state index in [1.54, 1.807) is 0 Å². The van der Waals surface area contributed by atoms with Crippen LogP contribution < -0.4 is 5.32 Å². The summed E-state index contributed by atoms with van der Waals surface area (Å²) in [4.78, 5) is 0. The summed E-state index contributed by atoms with van der Waals surface area (Å²) >= 11 is 9.43. The summed E-state index contributed by atoms with van der Waals surface area (Å²) in [5.41, 5.74) is 1.61. The van der Waals surface area contributed by atoms with Crippen molar-refractivity contribution >= 4 is 27.5 Å². The summed E-state index contributed by atoms with van der Waals surface area (Å²) in [6.45, 7) is 3.19. The van der Waals surface area contributed by atoms with Crippen LogP contribution in [0.1, 0.15) is 31.7 Å². The molecule has 82 valence electrons. The molecule has 0 aliphatic heterocycles. The second kappa shape index (κ2) is 4.44. The Bertz CT molecular complexity index is 361. The molecule has 1 aromatic carbocycles. The maximum absolute atomic E-state index is 6.04. The lowest BCUT2D eigenvalue weighted by Gasteiger charge is -2.39. The zero-order valence-electron chi connectivity index (χ0n) is 8.82. The molecular formula is C12H15BrClN. The average molecular weight is 289 g/mol. The van der Waals surface area contributed by atoms with Crippen LogP contribution in [0.25, 0.3) is 0 Å². The van der Waals surface area contributed by atoms with Crippen molar-refractivity contribution in [2.45, 2.75) is 38.3 Å². The molecule has 0 atom stereocenters. The van der Waals surface area contributed by atoms with E-state index in [1.807, 2.05) is 12.1 Å². The first-order chi connectivity index (χ1) is 7.09. The highest BCUT2D eigenvalue weighted by Crippen LogP contribution is 2.31. The van der Waals surface area contributed by atoms with E-state index in [2.05, 4.69) is 34.2 Å². The van der Waals surface area contributed by atoms with Crippen molar-refractivity contribution in [2.75, 3.05) is 0 Å². The summed E-state index contributed by atoms with van der Waals surface area (Å²) in [6.07, 6.45) is 3.93. The molecule has 1 nitrogen and oxygen atoms in total. The Kier molecular flexibility index (Phi) is 3.39. The molecule has 0 amide bonds. The smallest absolute Gasteiger partial charge is 0.0551 e. The monoisotopic (exact) mass is 287 g/mol. The number of rotatable bonds is 3. The molecule has 15 heavy (non-hydrogen) atoms. The molecule has 1 fully saturated rings. The van der Waals surface area contributed by atoms with Crippen LogP contribution in [0.5, 0.6) is 0 Å². The topological polar surface area (TPSA) is 12.0 Å². The van der Waals surface area contributed by atoms with Crippen molar-refractivity contribution in [3.63, 3.8) is 0 Å². The molecular weight excluding hydrogens is 273 g/mol. The first-order valence-electron chi connectivity index (χ1n) is 5.28. The molecule has 2 rings (SSSR count). The highest BCUT2D eigenvalue weighted by molar-refractivity contribution is 9.10. The molecule has 1 aromatic rings. The standard InChI is InChI=1S/C12H15BrClN/c1-12(5-2-6-12)15-8-9-3-4-10(13)11(14)7-9/h3-4,7,15H,2,5-6,8H2,1H3. The van der Waals surface area contributed by atoms with Gasteiger partial charge < -0.3 is 5.32 Å². The second-order valence-electron chi connectivity index (χ2n) is 4.52. The third kappa shape index (κ3) is 2.74. The summed E-state index contributed by atoms with van der Waals surface area (Å²) in [5.74, 6) is 0. The summed E-state index contributed by atoms with van der Waals surface area (Å²) in [7, 11) is 0. The Morgan fingerprint density at radius 1 is 1.47 bits per heavy atom. The number of hydrogen-bond acceptors (Lipinski definition) is 1. The van der Waals surface area contributed by atoms with Crippen LogP contribution >= 0.6 is 27.5 Å². The minimum Gasteiger partial charge on any atom is -0.307 e. The van der Waals surface area contributed by atoms with Gasteiger partial charge in [0.05, 0.1) is 5.02 Å². The van der Waals surface area contributed by atoms with Crippen LogP contribution in [-0.2, 0) is 6.54 Å². The van der Waals surface area contributed by atoms with E-state index in [9.17, 15) is 0 Å². The number of hydrogen-bond donors (Lipinski definition) is 1. The lowest BCUT2D eigenvalue weighted by molar-refractivity contribution is 0.207. The third-order valence-electron chi connectivity index (χ3n) is 3.16. The fourth-order valence-electron chi connectivity index (χ4n) is 1.85. The van der Waals surface area contributed by atoms with Crippen molar-refractivity contribution in [3.05, 3.63) is 33.3 Å². The van der Waals surface area contributed by atoms with Gasteiger partial charge in [0.25, 0.3) is 0 Å². The molecule has 0 spiro atoms. The molecule has 1 saturated carbocycles. The molecule has 3 heteroatoms. The van der Waals surface area contributed by atoms with Crippen LogP contribution in [0.4, 0.5) is 0 Å². The van der Waals surface area contributed by atoms with Crippen LogP contribution in [-0.4, -0.2) is 5.54 Å². The van der Waals surface area contributed by atoms with E-state index in [4.69, 9.17) is 11.6 Å². The summed E-state index contributed by atoms with van der Waals surface area (Å²) < 4.78 is 0.961. The van der Waals surface area contributed by atoms with Gasteiger partial charge in [0.2, 0.25) is 0 Å². The first-order valence-corrected chi connectivity index (χ1v) is 6.45. The van der Waals surface area contributed by atoms with E-state index in [0.717, 1.165) is 16.0 Å². The van der Waals surface area contributed by atoms with Gasteiger partial charge in [0.15, 0.2) is 0 Å². The fraction of sp³-hybridized carbons (Fsp3) is 0.500. The third-order valence-corrected chi connectivity index (χ3v) is 4.39. The van der Waals surface area contributed by atoms with Crippen LogP contribution in [0.3, 0.4) is 0 Å². The Labute approximate surface area is 104 Å². The van der Waals surface area contributed by atoms with Gasteiger partial charge >= 0.3 is 0 Å². The maximum atomic E-state index is 6.04. The van der Waals surface area contributed by atoms with Gasteiger partial charge in [-0.1, -0.05) is 17.7 Å². The predicted octanol–water partition coefficient (Wildman–Crippen LogP) is 4.13. The summed E-state index contributed by atoms with van der Waals surface area (Å²) in [5, 5.41) is 4.37. The van der Waals surface area contributed by atoms with E-state index < -0.39 is 0 Å². The molecule has 0 aromatic heterocycles. The van der Waals surface area contributed by atoms with Gasteiger partial charge in [-0.2, -0.15) is 0 Å². The van der Waals surface area contributed by atoms with E-state index in [-0.39, 0.29) is 0 Å². The van der Waals surface area contributed by atoms with Crippen molar-refractivity contribution < 1.29 is 0 Å². The number of halogens is 2. The van der Waals surface area contributed by atoms with Crippen LogP contribution in [0.2, 0.25) is 5.02 Å². The zero-order chi connectivity index (χ0) is 10.9. The largest absolute Gasteiger partial charge is 0.307 e. The average Bonchev–Trinajstić information content (AvgIpc) is 2.17. The molecule has 0 saturated heterocycles. The predicted molar refractivity (Wildman–Crippen MR) is 68.2 cm³/mol. The normalized spacial score (nSPS) is 18.6. The van der Waals surface area contributed by atoms with Gasteiger partial charge in [-0.05, 0) is 59.8 Å².